The van der Waals surface area contributed by atoms with Gasteiger partial charge in [-0.05, 0) is 18.6 Å². The van der Waals surface area contributed by atoms with Gasteiger partial charge in [-0.25, -0.2) is 0 Å². The van der Waals surface area contributed by atoms with Crippen molar-refractivity contribution >= 4 is 5.97 Å². The quantitative estimate of drug-likeness (QED) is 0.911. The summed E-state index contributed by atoms with van der Waals surface area (Å²) in [5.74, 6) is -0.957. The van der Waals surface area contributed by atoms with Crippen LogP contribution < -0.4 is 0 Å². The highest BCUT2D eigenvalue weighted by atomic mass is 16.4. The third kappa shape index (κ3) is 2.78. The first-order chi connectivity index (χ1) is 9.11. The molecule has 4 heteroatoms. The molecule has 1 N–H and O–H groups in total. The molecule has 0 atom stereocenters. The minimum atomic E-state index is -0.957. The number of aryl methyl sites for hydroxylation is 1. The van der Waals surface area contributed by atoms with Crippen LogP contribution in [0.4, 0.5) is 0 Å². The fraction of sp³-hybridized carbons (Fsp3) is 0.133. The second-order valence-electron chi connectivity index (χ2n) is 4.18. The Balaban J connectivity index is 2.57. The number of aromatic nitrogens is 1. The van der Waals surface area contributed by atoms with Gasteiger partial charge in [-0.15, -0.1) is 0 Å². The minimum Gasteiger partial charge on any atom is -0.481 e. The van der Waals surface area contributed by atoms with Gasteiger partial charge >= 0.3 is 5.97 Å². The summed E-state index contributed by atoms with van der Waals surface area (Å²) in [6.07, 6.45) is -0.175. The van der Waals surface area contributed by atoms with Crippen LogP contribution >= 0.6 is 0 Å². The molecule has 0 amide bonds. The van der Waals surface area contributed by atoms with Gasteiger partial charge in [-0.1, -0.05) is 30.3 Å². The van der Waals surface area contributed by atoms with Crippen LogP contribution in [0.25, 0.3) is 11.3 Å². The highest BCUT2D eigenvalue weighted by Gasteiger charge is 2.13. The number of carboxylic acids is 1. The lowest BCUT2D eigenvalue weighted by Gasteiger charge is -2.08. The van der Waals surface area contributed by atoms with E-state index in [-0.39, 0.29) is 6.42 Å². The van der Waals surface area contributed by atoms with E-state index >= 15 is 0 Å². The van der Waals surface area contributed by atoms with E-state index in [9.17, 15) is 4.79 Å². The fourth-order valence-electron chi connectivity index (χ4n) is 1.95. The minimum absolute atomic E-state index is 0.175. The molecule has 0 spiro atoms. The first kappa shape index (κ1) is 12.8. The molecule has 19 heavy (non-hydrogen) atoms. The summed E-state index contributed by atoms with van der Waals surface area (Å²) in [4.78, 5) is 15.2. The molecule has 0 fully saturated rings. The van der Waals surface area contributed by atoms with Crippen molar-refractivity contribution in [1.29, 1.82) is 5.26 Å². The third-order valence-corrected chi connectivity index (χ3v) is 2.81. The maximum Gasteiger partial charge on any atom is 0.307 e. The predicted octanol–water partition coefficient (Wildman–Crippen LogP) is 2.56. The summed E-state index contributed by atoms with van der Waals surface area (Å²) in [5.41, 5.74) is 3.00. The van der Waals surface area contributed by atoms with Crippen LogP contribution in [-0.4, -0.2) is 16.1 Å². The Morgan fingerprint density at radius 3 is 2.63 bits per heavy atom. The highest BCUT2D eigenvalue weighted by Crippen LogP contribution is 2.22. The number of carbonyl (C=O) groups is 1. The molecule has 1 aromatic heterocycles. The van der Waals surface area contributed by atoms with E-state index in [1.165, 1.54) is 0 Å². The van der Waals surface area contributed by atoms with Crippen molar-refractivity contribution in [2.24, 2.45) is 0 Å². The molecule has 0 saturated carbocycles. The second-order valence-corrected chi connectivity index (χ2v) is 4.18. The summed E-state index contributed by atoms with van der Waals surface area (Å²) in [7, 11) is 0. The Morgan fingerprint density at radius 1 is 1.37 bits per heavy atom. The molecule has 0 aliphatic carbocycles. The number of rotatable bonds is 3. The number of nitriles is 1. The smallest absolute Gasteiger partial charge is 0.307 e. The van der Waals surface area contributed by atoms with Crippen molar-refractivity contribution in [3.8, 4) is 17.3 Å². The standard InChI is InChI=1S/C15H12N2O2/c1-10-13(9-16)12(8-15(18)19)7-14(17-10)11-5-3-2-4-6-11/h2-7H,8H2,1H3,(H,18,19). The van der Waals surface area contributed by atoms with E-state index in [2.05, 4.69) is 4.98 Å². The maximum absolute atomic E-state index is 10.9. The third-order valence-electron chi connectivity index (χ3n) is 2.81. The summed E-state index contributed by atoms with van der Waals surface area (Å²) in [5, 5.41) is 18.0. The predicted molar refractivity (Wildman–Crippen MR) is 70.5 cm³/mol. The van der Waals surface area contributed by atoms with Crippen LogP contribution in [0, 0.1) is 18.3 Å². The fourth-order valence-corrected chi connectivity index (χ4v) is 1.95. The largest absolute Gasteiger partial charge is 0.481 e. The number of pyridine rings is 1. The van der Waals surface area contributed by atoms with Crippen LogP contribution in [-0.2, 0) is 11.2 Å². The Bertz CT molecular complexity index is 658. The number of benzene rings is 1. The molecule has 94 valence electrons. The molecule has 0 saturated heterocycles. The average molecular weight is 252 g/mol. The summed E-state index contributed by atoms with van der Waals surface area (Å²) >= 11 is 0. The molecule has 4 nitrogen and oxygen atoms in total. The van der Waals surface area contributed by atoms with Gasteiger partial charge in [0, 0.05) is 5.56 Å². The summed E-state index contributed by atoms with van der Waals surface area (Å²) in [6.45, 7) is 1.72. The second kappa shape index (κ2) is 5.32. The molecule has 2 rings (SSSR count). The van der Waals surface area contributed by atoms with Gasteiger partial charge in [0.15, 0.2) is 0 Å². The van der Waals surface area contributed by atoms with Crippen molar-refractivity contribution in [2.45, 2.75) is 13.3 Å². The van der Waals surface area contributed by atoms with Crippen LogP contribution in [0.2, 0.25) is 0 Å². The van der Waals surface area contributed by atoms with Gasteiger partial charge in [0.05, 0.1) is 23.4 Å². The van der Waals surface area contributed by atoms with Gasteiger partial charge in [-0.3, -0.25) is 9.78 Å². The molecule has 0 radical (unpaired) electrons. The molecule has 0 aliphatic rings. The molecule has 2 aromatic rings. The Labute approximate surface area is 111 Å². The van der Waals surface area contributed by atoms with Crippen molar-refractivity contribution in [3.05, 3.63) is 53.2 Å². The van der Waals surface area contributed by atoms with Crippen molar-refractivity contribution in [2.75, 3.05) is 0 Å². The zero-order valence-electron chi connectivity index (χ0n) is 10.4. The SMILES string of the molecule is Cc1nc(-c2ccccc2)cc(CC(=O)O)c1C#N. The first-order valence-corrected chi connectivity index (χ1v) is 5.79. The summed E-state index contributed by atoms with van der Waals surface area (Å²) < 4.78 is 0. The lowest BCUT2D eigenvalue weighted by molar-refractivity contribution is -0.136. The molecule has 0 aliphatic heterocycles. The molecule has 0 bridgehead atoms. The highest BCUT2D eigenvalue weighted by molar-refractivity contribution is 5.73. The van der Waals surface area contributed by atoms with Crippen LogP contribution in [0.15, 0.2) is 36.4 Å². The topological polar surface area (TPSA) is 74.0 Å². The van der Waals surface area contributed by atoms with Crippen molar-refractivity contribution in [1.82, 2.24) is 4.98 Å². The zero-order chi connectivity index (χ0) is 13.8. The zero-order valence-corrected chi connectivity index (χ0v) is 10.4. The number of nitrogens with zero attached hydrogens (tertiary/aromatic N) is 2. The van der Waals surface area contributed by atoms with Crippen LogP contribution in [0.5, 0.6) is 0 Å². The van der Waals surface area contributed by atoms with Crippen LogP contribution in [0.3, 0.4) is 0 Å². The lowest BCUT2D eigenvalue weighted by Crippen LogP contribution is -2.05. The van der Waals surface area contributed by atoms with Crippen molar-refractivity contribution in [3.63, 3.8) is 0 Å². The molecule has 0 unspecified atom stereocenters. The lowest BCUT2D eigenvalue weighted by atomic mass is 10.0. The average Bonchev–Trinajstić information content (AvgIpc) is 2.38. The molecular formula is C15H12N2O2. The van der Waals surface area contributed by atoms with Gasteiger partial charge in [-0.2, -0.15) is 5.26 Å². The van der Waals surface area contributed by atoms with Gasteiger partial charge in [0.1, 0.15) is 6.07 Å². The normalized spacial score (nSPS) is 9.89. The number of hydrogen-bond acceptors (Lipinski definition) is 3. The molecule has 1 heterocycles. The molecular weight excluding hydrogens is 240 g/mol. The van der Waals surface area contributed by atoms with E-state index in [1.54, 1.807) is 13.0 Å². The Morgan fingerprint density at radius 2 is 2.05 bits per heavy atom. The van der Waals surface area contributed by atoms with E-state index in [1.807, 2.05) is 36.4 Å². The monoisotopic (exact) mass is 252 g/mol. The Kier molecular flexibility index (Phi) is 3.58. The van der Waals surface area contributed by atoms with Gasteiger partial charge in [0.2, 0.25) is 0 Å². The van der Waals surface area contributed by atoms with E-state index in [0.29, 0.717) is 22.5 Å². The number of carboxylic acid groups (broad SMARTS) is 1. The van der Waals surface area contributed by atoms with Gasteiger partial charge in [0.25, 0.3) is 0 Å². The number of aliphatic carboxylic acids is 1. The first-order valence-electron chi connectivity index (χ1n) is 5.79. The van der Waals surface area contributed by atoms with Crippen LogP contribution in [0.1, 0.15) is 16.8 Å². The summed E-state index contributed by atoms with van der Waals surface area (Å²) in [6, 6.07) is 13.2. The maximum atomic E-state index is 10.9. The van der Waals surface area contributed by atoms with E-state index in [0.717, 1.165) is 5.56 Å². The van der Waals surface area contributed by atoms with E-state index in [4.69, 9.17) is 10.4 Å². The van der Waals surface area contributed by atoms with Crippen molar-refractivity contribution < 1.29 is 9.90 Å². The molecule has 1 aromatic carbocycles. The Hall–Kier alpha value is -2.67. The number of hydrogen-bond donors (Lipinski definition) is 1. The van der Waals surface area contributed by atoms with Gasteiger partial charge < -0.3 is 5.11 Å². The van der Waals surface area contributed by atoms with E-state index < -0.39 is 5.97 Å².